The van der Waals surface area contributed by atoms with Crippen LogP contribution in [0.2, 0.25) is 0 Å². The summed E-state index contributed by atoms with van der Waals surface area (Å²) in [7, 11) is 0. The Kier molecular flexibility index (Phi) is 4.57. The first-order valence-corrected chi connectivity index (χ1v) is 6.92. The van der Waals surface area contributed by atoms with E-state index in [1.165, 1.54) is 5.56 Å². The predicted molar refractivity (Wildman–Crippen MR) is 81.0 cm³/mol. The van der Waals surface area contributed by atoms with Gasteiger partial charge >= 0.3 is 5.97 Å². The monoisotopic (exact) mass is 268 g/mol. The second kappa shape index (κ2) is 6.38. The fourth-order valence-electron chi connectivity index (χ4n) is 2.74. The van der Waals surface area contributed by atoms with Gasteiger partial charge in [-0.1, -0.05) is 61.5 Å². The first-order chi connectivity index (χ1) is 9.59. The number of aryl methyl sites for hydroxylation is 1. The number of carboxylic acids is 1. The summed E-state index contributed by atoms with van der Waals surface area (Å²) in [5.41, 5.74) is 3.47. The highest BCUT2D eigenvalue weighted by Gasteiger charge is 2.24. The van der Waals surface area contributed by atoms with Gasteiger partial charge in [-0.05, 0) is 29.5 Å². The molecule has 0 aliphatic carbocycles. The Balaban J connectivity index is 2.38. The van der Waals surface area contributed by atoms with Gasteiger partial charge in [-0.25, -0.2) is 0 Å². The highest BCUT2D eigenvalue weighted by molar-refractivity contribution is 5.68. The molecule has 0 unspecified atom stereocenters. The summed E-state index contributed by atoms with van der Waals surface area (Å²) in [6.45, 7) is 4.15. The van der Waals surface area contributed by atoms with Crippen molar-refractivity contribution in [3.63, 3.8) is 0 Å². The van der Waals surface area contributed by atoms with Gasteiger partial charge in [0, 0.05) is 5.92 Å². The molecule has 2 heteroatoms. The van der Waals surface area contributed by atoms with Crippen molar-refractivity contribution in [3.05, 3.63) is 71.3 Å². The zero-order valence-corrected chi connectivity index (χ0v) is 11.9. The summed E-state index contributed by atoms with van der Waals surface area (Å²) < 4.78 is 0. The standard InChI is InChI=1S/C18H20O2/c1-13-8-6-7-11-16(13)17(12-18(19)20)14(2)15-9-4-3-5-10-15/h3-11,14,17H,12H2,1-2H3,(H,19,20)/t14-,17-/m0/s1. The van der Waals surface area contributed by atoms with Crippen LogP contribution in [0.1, 0.15) is 41.9 Å². The fraction of sp³-hybridized carbons (Fsp3) is 0.278. The second-order valence-corrected chi connectivity index (χ2v) is 5.26. The summed E-state index contributed by atoms with van der Waals surface area (Å²) in [5.74, 6) is -0.578. The molecule has 0 fully saturated rings. The predicted octanol–water partition coefficient (Wildman–Crippen LogP) is 4.36. The molecule has 2 atom stereocenters. The SMILES string of the molecule is Cc1ccccc1[C@@H](CC(=O)O)[C@@H](C)c1ccccc1. The molecule has 0 aliphatic rings. The molecule has 2 aromatic carbocycles. The molecule has 2 rings (SSSR count). The van der Waals surface area contributed by atoms with Crippen LogP contribution in [0.5, 0.6) is 0 Å². The van der Waals surface area contributed by atoms with Gasteiger partial charge in [0.2, 0.25) is 0 Å². The van der Waals surface area contributed by atoms with E-state index >= 15 is 0 Å². The highest BCUT2D eigenvalue weighted by Crippen LogP contribution is 2.36. The van der Waals surface area contributed by atoms with E-state index in [0.29, 0.717) is 0 Å². The molecule has 0 aromatic heterocycles. The van der Waals surface area contributed by atoms with Crippen molar-refractivity contribution in [1.29, 1.82) is 0 Å². The maximum atomic E-state index is 11.2. The first-order valence-electron chi connectivity index (χ1n) is 6.92. The van der Waals surface area contributed by atoms with E-state index in [-0.39, 0.29) is 18.3 Å². The number of benzene rings is 2. The Labute approximate surface area is 120 Å². The number of carbonyl (C=O) groups is 1. The van der Waals surface area contributed by atoms with Crippen LogP contribution in [0.15, 0.2) is 54.6 Å². The largest absolute Gasteiger partial charge is 0.481 e. The van der Waals surface area contributed by atoms with E-state index in [2.05, 4.69) is 19.1 Å². The minimum absolute atomic E-state index is 0.00361. The minimum Gasteiger partial charge on any atom is -0.481 e. The van der Waals surface area contributed by atoms with Gasteiger partial charge in [0.1, 0.15) is 0 Å². The lowest BCUT2D eigenvalue weighted by molar-refractivity contribution is -0.137. The molecule has 0 saturated carbocycles. The number of hydrogen-bond donors (Lipinski definition) is 1. The lowest BCUT2D eigenvalue weighted by Gasteiger charge is -2.25. The molecule has 0 saturated heterocycles. The average molecular weight is 268 g/mol. The summed E-state index contributed by atoms with van der Waals surface area (Å²) in [5, 5.41) is 9.23. The quantitative estimate of drug-likeness (QED) is 0.875. The minimum atomic E-state index is -0.749. The number of rotatable bonds is 5. The van der Waals surface area contributed by atoms with E-state index in [0.717, 1.165) is 11.1 Å². The zero-order valence-electron chi connectivity index (χ0n) is 11.9. The van der Waals surface area contributed by atoms with Gasteiger partial charge in [-0.15, -0.1) is 0 Å². The molecule has 0 amide bonds. The van der Waals surface area contributed by atoms with Gasteiger partial charge in [-0.2, -0.15) is 0 Å². The van der Waals surface area contributed by atoms with Gasteiger partial charge in [-0.3, -0.25) is 4.79 Å². The van der Waals surface area contributed by atoms with E-state index < -0.39 is 5.97 Å². The molecular formula is C18H20O2. The van der Waals surface area contributed by atoms with Crippen molar-refractivity contribution in [2.24, 2.45) is 0 Å². The van der Waals surface area contributed by atoms with E-state index in [4.69, 9.17) is 0 Å². The summed E-state index contributed by atoms with van der Waals surface area (Å²) in [6.07, 6.45) is 0.154. The van der Waals surface area contributed by atoms with Gasteiger partial charge in [0.05, 0.1) is 6.42 Å². The van der Waals surface area contributed by atoms with Crippen LogP contribution in [0, 0.1) is 6.92 Å². The average Bonchev–Trinajstić information content (AvgIpc) is 2.46. The summed E-state index contributed by atoms with van der Waals surface area (Å²) in [4.78, 5) is 11.2. The molecule has 0 heterocycles. The van der Waals surface area contributed by atoms with E-state index in [9.17, 15) is 9.90 Å². The third-order valence-electron chi connectivity index (χ3n) is 3.91. The summed E-state index contributed by atoms with van der Waals surface area (Å²) >= 11 is 0. The normalized spacial score (nSPS) is 13.7. The molecule has 2 nitrogen and oxygen atoms in total. The van der Waals surface area contributed by atoms with Crippen molar-refractivity contribution in [3.8, 4) is 0 Å². The Hall–Kier alpha value is -2.09. The topological polar surface area (TPSA) is 37.3 Å². The number of carboxylic acid groups (broad SMARTS) is 1. The third-order valence-corrected chi connectivity index (χ3v) is 3.91. The fourth-order valence-corrected chi connectivity index (χ4v) is 2.74. The zero-order chi connectivity index (χ0) is 14.5. The van der Waals surface area contributed by atoms with Crippen LogP contribution in [-0.4, -0.2) is 11.1 Å². The third kappa shape index (κ3) is 3.27. The van der Waals surface area contributed by atoms with E-state index in [1.54, 1.807) is 0 Å². The Bertz CT molecular complexity index is 575. The van der Waals surface area contributed by atoms with Crippen LogP contribution in [0.4, 0.5) is 0 Å². The van der Waals surface area contributed by atoms with Crippen molar-refractivity contribution in [1.82, 2.24) is 0 Å². The molecule has 1 N–H and O–H groups in total. The Morgan fingerprint density at radius 1 is 1.05 bits per heavy atom. The molecule has 104 valence electrons. The number of aliphatic carboxylic acids is 1. The molecule has 2 aromatic rings. The first kappa shape index (κ1) is 14.3. The van der Waals surface area contributed by atoms with Crippen LogP contribution in [-0.2, 0) is 4.79 Å². The van der Waals surface area contributed by atoms with Crippen LogP contribution < -0.4 is 0 Å². The maximum absolute atomic E-state index is 11.2. The highest BCUT2D eigenvalue weighted by atomic mass is 16.4. The molecule has 0 bridgehead atoms. The van der Waals surface area contributed by atoms with Gasteiger partial charge < -0.3 is 5.11 Å². The lowest BCUT2D eigenvalue weighted by atomic mass is 9.79. The molecular weight excluding hydrogens is 248 g/mol. The van der Waals surface area contributed by atoms with Crippen molar-refractivity contribution in [2.45, 2.75) is 32.1 Å². The maximum Gasteiger partial charge on any atom is 0.303 e. The molecule has 0 spiro atoms. The summed E-state index contributed by atoms with van der Waals surface area (Å²) in [6, 6.07) is 18.2. The van der Waals surface area contributed by atoms with Crippen LogP contribution >= 0.6 is 0 Å². The van der Waals surface area contributed by atoms with Crippen LogP contribution in [0.3, 0.4) is 0 Å². The van der Waals surface area contributed by atoms with Crippen molar-refractivity contribution < 1.29 is 9.90 Å². The molecule has 0 aliphatic heterocycles. The number of hydrogen-bond acceptors (Lipinski definition) is 1. The smallest absolute Gasteiger partial charge is 0.303 e. The van der Waals surface area contributed by atoms with Crippen molar-refractivity contribution in [2.75, 3.05) is 0 Å². The van der Waals surface area contributed by atoms with Gasteiger partial charge in [0.25, 0.3) is 0 Å². The van der Waals surface area contributed by atoms with E-state index in [1.807, 2.05) is 49.4 Å². The molecule has 20 heavy (non-hydrogen) atoms. The van der Waals surface area contributed by atoms with Crippen molar-refractivity contribution >= 4 is 5.97 Å². The lowest BCUT2D eigenvalue weighted by Crippen LogP contribution is -2.14. The Morgan fingerprint density at radius 3 is 2.25 bits per heavy atom. The van der Waals surface area contributed by atoms with Gasteiger partial charge in [0.15, 0.2) is 0 Å². The second-order valence-electron chi connectivity index (χ2n) is 5.26. The Morgan fingerprint density at radius 2 is 1.65 bits per heavy atom. The van der Waals surface area contributed by atoms with Crippen LogP contribution in [0.25, 0.3) is 0 Å². The molecule has 0 radical (unpaired) electrons.